The molecule has 0 atom stereocenters. The fraction of sp³-hybridized carbons (Fsp3) is 0.375. The minimum atomic E-state index is -2.51. The Hall–Kier alpha value is -2.87. The van der Waals surface area contributed by atoms with Gasteiger partial charge in [0.2, 0.25) is 11.8 Å². The van der Waals surface area contributed by atoms with Crippen molar-refractivity contribution in [3.8, 4) is 5.88 Å². The number of halogens is 1. The van der Waals surface area contributed by atoms with Gasteiger partial charge in [-0.05, 0) is 44.0 Å². The molecule has 2 fully saturated rings. The van der Waals surface area contributed by atoms with Gasteiger partial charge in [-0.2, -0.15) is 9.97 Å². The molecule has 9 nitrogen and oxygen atoms in total. The number of methoxy groups -OCH3 is 1. The maximum Gasteiger partial charge on any atom is 0.239 e. The van der Waals surface area contributed by atoms with Gasteiger partial charge in [-0.3, -0.25) is 0 Å². The van der Waals surface area contributed by atoms with Gasteiger partial charge in [0.15, 0.2) is 5.82 Å². The molecule has 3 aromatic rings. The van der Waals surface area contributed by atoms with E-state index in [0.29, 0.717) is 34.0 Å². The van der Waals surface area contributed by atoms with Gasteiger partial charge in [-0.1, -0.05) is 23.7 Å². The van der Waals surface area contributed by atoms with Gasteiger partial charge in [-0.15, -0.1) is 0 Å². The second-order valence-electron chi connectivity index (χ2n) is 9.39. The number of aromatic nitrogens is 3. The first kappa shape index (κ1) is 23.9. The number of rotatable bonds is 7. The molecule has 0 saturated carbocycles. The maximum absolute atomic E-state index is 12.7. The van der Waals surface area contributed by atoms with E-state index in [1.54, 1.807) is 20.4 Å². The number of pyridine rings is 1. The molecule has 184 valence electrons. The summed E-state index contributed by atoms with van der Waals surface area (Å²) >= 11 is 6.37. The Kier molecular flexibility index (Phi) is 6.34. The van der Waals surface area contributed by atoms with Crippen molar-refractivity contribution in [3.63, 3.8) is 0 Å². The van der Waals surface area contributed by atoms with Crippen LogP contribution in [-0.4, -0.2) is 61.7 Å². The van der Waals surface area contributed by atoms with E-state index in [0.717, 1.165) is 43.8 Å². The van der Waals surface area contributed by atoms with E-state index in [4.69, 9.17) is 21.1 Å². The van der Waals surface area contributed by atoms with E-state index < -0.39 is 7.14 Å². The largest absolute Gasteiger partial charge is 0.479 e. The Morgan fingerprint density at radius 2 is 1.91 bits per heavy atom. The molecule has 0 bridgehead atoms. The molecule has 1 spiro atoms. The number of hydrogen-bond acceptors (Lipinski definition) is 9. The Morgan fingerprint density at radius 3 is 2.63 bits per heavy atom. The van der Waals surface area contributed by atoms with Crippen LogP contribution in [0, 0.1) is 5.41 Å². The normalized spacial score (nSPS) is 16.7. The summed E-state index contributed by atoms with van der Waals surface area (Å²) in [4.78, 5) is 15.7. The standard InChI is InChI=1S/C24H28ClN6O3P/c1-33-22-18(8-9-20(29-22)31-13-24(14-31)10-11-34-15-24)28-23-26-12-16(25)21(30-23)27-17-6-4-5-7-19(17)35(2,3)32/h4-9,12H,10-11,13-15H2,1-3H3,(H2,26,27,28,30). The molecule has 11 heteroatoms. The summed E-state index contributed by atoms with van der Waals surface area (Å²) in [5.41, 5.74) is 1.60. The van der Waals surface area contributed by atoms with E-state index in [9.17, 15) is 4.57 Å². The quantitative estimate of drug-likeness (QED) is 0.441. The predicted molar refractivity (Wildman–Crippen MR) is 140 cm³/mol. The first-order valence-corrected chi connectivity index (χ1v) is 14.3. The third kappa shape index (κ3) is 4.94. The average Bonchev–Trinajstić information content (AvgIpc) is 3.31. The van der Waals surface area contributed by atoms with Crippen LogP contribution in [0.1, 0.15) is 6.42 Å². The van der Waals surface area contributed by atoms with Gasteiger partial charge in [0.25, 0.3) is 0 Å². The summed E-state index contributed by atoms with van der Waals surface area (Å²) in [5.74, 6) is 2.04. The van der Waals surface area contributed by atoms with E-state index in [2.05, 4.69) is 30.5 Å². The van der Waals surface area contributed by atoms with Crippen LogP contribution in [0.4, 0.5) is 29.0 Å². The molecule has 35 heavy (non-hydrogen) atoms. The minimum absolute atomic E-state index is 0.272. The van der Waals surface area contributed by atoms with Crippen molar-refractivity contribution in [1.82, 2.24) is 15.0 Å². The molecular weight excluding hydrogens is 487 g/mol. The van der Waals surface area contributed by atoms with Crippen LogP contribution in [0.2, 0.25) is 5.02 Å². The van der Waals surface area contributed by atoms with E-state index in [-0.39, 0.29) is 5.41 Å². The molecule has 4 heterocycles. The van der Waals surface area contributed by atoms with Gasteiger partial charge in [0.05, 0.1) is 25.6 Å². The lowest BCUT2D eigenvalue weighted by Crippen LogP contribution is -2.57. The van der Waals surface area contributed by atoms with Crippen molar-refractivity contribution in [2.45, 2.75) is 6.42 Å². The van der Waals surface area contributed by atoms with E-state index in [1.165, 1.54) is 6.20 Å². The van der Waals surface area contributed by atoms with Crippen LogP contribution in [0.25, 0.3) is 0 Å². The first-order chi connectivity index (χ1) is 16.8. The van der Waals surface area contributed by atoms with Crippen molar-refractivity contribution in [3.05, 3.63) is 47.6 Å². The zero-order valence-electron chi connectivity index (χ0n) is 19.9. The molecule has 2 aliphatic rings. The highest BCUT2D eigenvalue weighted by atomic mass is 35.5. The van der Waals surface area contributed by atoms with Crippen molar-refractivity contribution in [1.29, 1.82) is 0 Å². The van der Waals surface area contributed by atoms with Crippen molar-refractivity contribution in [2.24, 2.45) is 5.41 Å². The van der Waals surface area contributed by atoms with Gasteiger partial charge in [0.1, 0.15) is 23.7 Å². The van der Waals surface area contributed by atoms with Crippen molar-refractivity contribution in [2.75, 3.05) is 62.3 Å². The fourth-order valence-corrected chi connectivity index (χ4v) is 5.79. The van der Waals surface area contributed by atoms with Crippen molar-refractivity contribution < 1.29 is 14.0 Å². The lowest BCUT2D eigenvalue weighted by atomic mass is 9.79. The lowest BCUT2D eigenvalue weighted by Gasteiger charge is -2.47. The lowest BCUT2D eigenvalue weighted by molar-refractivity contribution is 0.131. The van der Waals surface area contributed by atoms with Crippen LogP contribution in [0.15, 0.2) is 42.6 Å². The average molecular weight is 515 g/mol. The van der Waals surface area contributed by atoms with Crippen molar-refractivity contribution >= 4 is 53.0 Å². The summed E-state index contributed by atoms with van der Waals surface area (Å²) in [6.45, 7) is 7.00. The van der Waals surface area contributed by atoms with Gasteiger partial charge in [-0.25, -0.2) is 4.98 Å². The predicted octanol–water partition coefficient (Wildman–Crippen LogP) is 4.50. The third-order valence-corrected chi connectivity index (χ3v) is 8.16. The molecule has 0 unspecified atom stereocenters. The highest BCUT2D eigenvalue weighted by Crippen LogP contribution is 2.41. The van der Waals surface area contributed by atoms with Gasteiger partial charge < -0.3 is 29.6 Å². The summed E-state index contributed by atoms with van der Waals surface area (Å²) in [6.07, 6.45) is 2.61. The van der Waals surface area contributed by atoms with Crippen LogP contribution >= 0.6 is 18.7 Å². The molecule has 2 aromatic heterocycles. The van der Waals surface area contributed by atoms with Crippen LogP contribution in [0.3, 0.4) is 0 Å². The minimum Gasteiger partial charge on any atom is -0.479 e. The smallest absolute Gasteiger partial charge is 0.239 e. The monoisotopic (exact) mass is 514 g/mol. The summed E-state index contributed by atoms with van der Waals surface area (Å²) in [7, 11) is -0.922. The molecule has 2 aliphatic heterocycles. The Balaban J connectivity index is 1.35. The molecule has 2 N–H and O–H groups in total. The Labute approximate surface area is 209 Å². The molecule has 0 amide bonds. The van der Waals surface area contributed by atoms with Gasteiger partial charge in [0, 0.05) is 30.4 Å². The maximum atomic E-state index is 12.7. The Bertz CT molecular complexity index is 1290. The fourth-order valence-electron chi connectivity index (χ4n) is 4.49. The number of benzene rings is 1. The number of anilines is 5. The molecule has 0 aliphatic carbocycles. The van der Waals surface area contributed by atoms with Crippen LogP contribution in [0.5, 0.6) is 5.88 Å². The number of para-hydroxylation sites is 1. The molecule has 2 saturated heterocycles. The molecule has 0 radical (unpaired) electrons. The summed E-state index contributed by atoms with van der Waals surface area (Å²) in [6, 6.07) is 11.3. The topological polar surface area (TPSA) is 102 Å². The Morgan fingerprint density at radius 1 is 1.11 bits per heavy atom. The second kappa shape index (κ2) is 9.30. The number of hydrogen-bond donors (Lipinski definition) is 2. The highest BCUT2D eigenvalue weighted by Gasteiger charge is 2.46. The second-order valence-corrected chi connectivity index (χ2v) is 13.0. The zero-order chi connectivity index (χ0) is 24.6. The first-order valence-electron chi connectivity index (χ1n) is 11.4. The number of nitrogens with zero attached hydrogens (tertiary/aromatic N) is 4. The molecular formula is C24H28ClN6O3P. The third-order valence-electron chi connectivity index (χ3n) is 6.33. The summed E-state index contributed by atoms with van der Waals surface area (Å²) in [5, 5.41) is 7.44. The number of nitrogens with one attached hydrogen (secondary N) is 2. The van der Waals surface area contributed by atoms with E-state index >= 15 is 0 Å². The molecule has 5 rings (SSSR count). The highest BCUT2D eigenvalue weighted by molar-refractivity contribution is 7.70. The summed E-state index contributed by atoms with van der Waals surface area (Å²) < 4.78 is 23.8. The molecule has 1 aromatic carbocycles. The van der Waals surface area contributed by atoms with Gasteiger partial charge >= 0.3 is 0 Å². The SMILES string of the molecule is COc1nc(N2CC3(CCOC3)C2)ccc1Nc1ncc(Cl)c(Nc2ccccc2P(C)(C)=O)n1. The zero-order valence-corrected chi connectivity index (χ0v) is 21.6. The van der Waals surface area contributed by atoms with E-state index in [1.807, 2.05) is 36.4 Å². The van der Waals surface area contributed by atoms with Crippen LogP contribution < -0.4 is 25.6 Å². The van der Waals surface area contributed by atoms with Crippen LogP contribution in [-0.2, 0) is 9.30 Å². The number of ether oxygens (including phenoxy) is 2.